The highest BCUT2D eigenvalue weighted by Crippen LogP contribution is 2.27. The number of pyridine rings is 1. The van der Waals surface area contributed by atoms with Crippen LogP contribution in [0, 0.1) is 0 Å². The Labute approximate surface area is 133 Å². The topological polar surface area (TPSA) is 47.8 Å². The van der Waals surface area contributed by atoms with E-state index >= 15 is 0 Å². The highest BCUT2D eigenvalue weighted by Gasteiger charge is 2.21. The van der Waals surface area contributed by atoms with Crippen molar-refractivity contribution in [1.29, 1.82) is 0 Å². The Balaban J connectivity index is 2.47. The molecular weight excluding hydrogens is 329 g/mol. The second kappa shape index (κ2) is 5.70. The second-order valence-corrected chi connectivity index (χ2v) is 5.90. The van der Waals surface area contributed by atoms with E-state index in [0.717, 1.165) is 0 Å². The number of aromatic nitrogens is 1. The molecule has 22 heavy (non-hydrogen) atoms. The van der Waals surface area contributed by atoms with Crippen LogP contribution in [0.4, 0.5) is 4.39 Å². The first kappa shape index (κ1) is 15.0. The summed E-state index contributed by atoms with van der Waals surface area (Å²) in [7, 11) is 0. The Morgan fingerprint density at radius 3 is 2.91 bits per heavy atom. The van der Waals surface area contributed by atoms with Crippen LogP contribution in [-0.2, 0) is 11.4 Å². The number of alkyl halides is 1. The monoisotopic (exact) mass is 339 g/mol. The largest absolute Gasteiger partial charge is 0.462 e. The average molecular weight is 340 g/mol. The van der Waals surface area contributed by atoms with Gasteiger partial charge in [0.2, 0.25) is 5.43 Å². The molecule has 0 unspecified atom stereocenters. The molecular formula is C15H11ClFNO3S. The van der Waals surface area contributed by atoms with Gasteiger partial charge < -0.3 is 9.14 Å². The average Bonchev–Trinajstić information content (AvgIpc) is 2.96. The molecule has 3 rings (SSSR count). The maximum atomic E-state index is 13.0. The molecule has 114 valence electrons. The summed E-state index contributed by atoms with van der Waals surface area (Å²) in [6.45, 7) is 1.06. The molecule has 3 aromatic rings. The fourth-order valence-corrected chi connectivity index (χ4v) is 3.44. The Kier molecular flexibility index (Phi) is 3.88. The Morgan fingerprint density at radius 2 is 2.23 bits per heavy atom. The highest BCUT2D eigenvalue weighted by molar-refractivity contribution is 7.16. The maximum Gasteiger partial charge on any atom is 0.345 e. The van der Waals surface area contributed by atoms with Crippen molar-refractivity contribution in [2.24, 2.45) is 0 Å². The van der Waals surface area contributed by atoms with Gasteiger partial charge in [-0.05, 0) is 19.1 Å². The molecule has 0 radical (unpaired) electrons. The van der Waals surface area contributed by atoms with Crippen LogP contribution < -0.4 is 5.43 Å². The van der Waals surface area contributed by atoms with Crippen LogP contribution >= 0.6 is 22.9 Å². The van der Waals surface area contributed by atoms with Crippen molar-refractivity contribution in [3.8, 4) is 0 Å². The van der Waals surface area contributed by atoms with Crippen LogP contribution in [0.2, 0.25) is 5.02 Å². The summed E-state index contributed by atoms with van der Waals surface area (Å²) in [6.07, 6.45) is 1.73. The van der Waals surface area contributed by atoms with Gasteiger partial charge in [-0.15, -0.1) is 11.3 Å². The Morgan fingerprint density at radius 1 is 1.45 bits per heavy atom. The number of hydrogen-bond acceptors (Lipinski definition) is 4. The third kappa shape index (κ3) is 2.19. The number of halogens is 2. The number of fused-ring (bicyclic) bond motifs is 3. The van der Waals surface area contributed by atoms with E-state index in [-0.39, 0.29) is 28.1 Å². The van der Waals surface area contributed by atoms with Gasteiger partial charge in [-0.25, -0.2) is 9.18 Å². The molecule has 0 bridgehead atoms. The van der Waals surface area contributed by atoms with Gasteiger partial charge in [-0.1, -0.05) is 11.6 Å². The second-order valence-electron chi connectivity index (χ2n) is 4.60. The van der Waals surface area contributed by atoms with Crippen molar-refractivity contribution < 1.29 is 13.9 Å². The van der Waals surface area contributed by atoms with Gasteiger partial charge in [0.05, 0.1) is 12.1 Å². The zero-order chi connectivity index (χ0) is 15.9. The van der Waals surface area contributed by atoms with Crippen LogP contribution in [0.15, 0.2) is 28.5 Å². The van der Waals surface area contributed by atoms with Gasteiger partial charge in [-0.3, -0.25) is 4.79 Å². The standard InChI is InChI=1S/C15H11ClFNO3S/c1-2-21-15(20)12-13(19)9-5-8(7-17)10(16)6-11(9)18-3-4-22-14(12)18/h3-6H,2,7H2,1H3. The fourth-order valence-electron chi connectivity index (χ4n) is 2.36. The third-order valence-corrected chi connectivity index (χ3v) is 4.58. The fraction of sp³-hybridized carbons (Fsp3) is 0.200. The van der Waals surface area contributed by atoms with Crippen LogP contribution in [0.5, 0.6) is 0 Å². The number of ether oxygens (including phenoxy) is 1. The quantitative estimate of drug-likeness (QED) is 0.682. The molecule has 0 atom stereocenters. The van der Waals surface area contributed by atoms with Gasteiger partial charge in [0, 0.05) is 27.5 Å². The summed E-state index contributed by atoms with van der Waals surface area (Å²) in [5.41, 5.74) is 0.256. The summed E-state index contributed by atoms with van der Waals surface area (Å²) >= 11 is 7.29. The minimum absolute atomic E-state index is 0.0310. The zero-order valence-corrected chi connectivity index (χ0v) is 13.1. The van der Waals surface area contributed by atoms with E-state index in [1.165, 1.54) is 17.4 Å². The summed E-state index contributed by atoms with van der Waals surface area (Å²) in [5, 5.41) is 2.25. The first-order chi connectivity index (χ1) is 10.6. The Hall–Kier alpha value is -1.92. The summed E-state index contributed by atoms with van der Waals surface area (Å²) in [4.78, 5) is 25.3. The summed E-state index contributed by atoms with van der Waals surface area (Å²) in [5.74, 6) is -0.675. The van der Waals surface area contributed by atoms with E-state index in [0.29, 0.717) is 10.3 Å². The van der Waals surface area contributed by atoms with Crippen molar-refractivity contribution in [3.63, 3.8) is 0 Å². The van der Waals surface area contributed by atoms with Crippen LogP contribution in [0.3, 0.4) is 0 Å². The molecule has 2 heterocycles. The van der Waals surface area contributed by atoms with Gasteiger partial charge in [-0.2, -0.15) is 0 Å². The molecule has 0 amide bonds. The summed E-state index contributed by atoms with van der Waals surface area (Å²) < 4.78 is 19.7. The Bertz CT molecular complexity index is 947. The molecule has 0 saturated heterocycles. The minimum Gasteiger partial charge on any atom is -0.462 e. The minimum atomic E-state index is -0.782. The SMILES string of the molecule is CCOC(=O)c1c(=O)c2cc(CF)c(Cl)cc2n2ccsc12. The van der Waals surface area contributed by atoms with E-state index in [1.54, 1.807) is 29.0 Å². The first-order valence-corrected chi connectivity index (χ1v) is 7.81. The van der Waals surface area contributed by atoms with E-state index in [9.17, 15) is 14.0 Å². The van der Waals surface area contributed by atoms with Gasteiger partial charge in [0.15, 0.2) is 0 Å². The van der Waals surface area contributed by atoms with Crippen LogP contribution in [0.1, 0.15) is 22.8 Å². The normalized spacial score (nSPS) is 11.2. The molecule has 0 N–H and O–H groups in total. The van der Waals surface area contributed by atoms with E-state index in [4.69, 9.17) is 16.3 Å². The number of rotatable bonds is 3. The molecule has 7 heteroatoms. The molecule has 4 nitrogen and oxygen atoms in total. The van der Waals surface area contributed by atoms with Crippen molar-refractivity contribution in [1.82, 2.24) is 4.40 Å². The first-order valence-electron chi connectivity index (χ1n) is 6.55. The molecule has 1 aromatic carbocycles. The van der Waals surface area contributed by atoms with Crippen molar-refractivity contribution in [3.05, 3.63) is 50.1 Å². The molecule has 0 spiro atoms. The lowest BCUT2D eigenvalue weighted by Gasteiger charge is -2.09. The van der Waals surface area contributed by atoms with Crippen LogP contribution in [-0.4, -0.2) is 17.0 Å². The molecule has 2 aromatic heterocycles. The molecule has 0 aliphatic rings. The van der Waals surface area contributed by atoms with E-state index < -0.39 is 18.1 Å². The van der Waals surface area contributed by atoms with E-state index in [1.807, 2.05) is 0 Å². The number of carbonyl (C=O) groups is 1. The zero-order valence-electron chi connectivity index (χ0n) is 11.6. The number of hydrogen-bond donors (Lipinski definition) is 0. The van der Waals surface area contributed by atoms with Gasteiger partial charge >= 0.3 is 5.97 Å². The predicted octanol–water partition coefficient (Wildman–Crippen LogP) is 3.81. The number of thiazole rings is 1. The molecule has 0 fully saturated rings. The lowest BCUT2D eigenvalue weighted by atomic mass is 10.1. The van der Waals surface area contributed by atoms with Crippen molar-refractivity contribution in [2.75, 3.05) is 6.61 Å². The maximum absolute atomic E-state index is 13.0. The highest BCUT2D eigenvalue weighted by atomic mass is 35.5. The number of nitrogens with zero attached hydrogens (tertiary/aromatic N) is 1. The summed E-state index contributed by atoms with van der Waals surface area (Å²) in [6, 6.07) is 2.94. The molecule has 0 saturated carbocycles. The number of esters is 1. The lowest BCUT2D eigenvalue weighted by molar-refractivity contribution is 0.0527. The van der Waals surface area contributed by atoms with Crippen molar-refractivity contribution >= 4 is 44.6 Å². The predicted molar refractivity (Wildman–Crippen MR) is 84.8 cm³/mol. The van der Waals surface area contributed by atoms with Crippen molar-refractivity contribution in [2.45, 2.75) is 13.6 Å². The van der Waals surface area contributed by atoms with Gasteiger partial charge in [0.1, 0.15) is 17.1 Å². The number of carbonyl (C=O) groups excluding carboxylic acids is 1. The van der Waals surface area contributed by atoms with Crippen LogP contribution in [0.25, 0.3) is 15.7 Å². The smallest absolute Gasteiger partial charge is 0.345 e. The molecule has 0 aliphatic carbocycles. The number of benzene rings is 1. The molecule has 0 aliphatic heterocycles. The van der Waals surface area contributed by atoms with E-state index in [2.05, 4.69) is 0 Å². The third-order valence-electron chi connectivity index (χ3n) is 3.34. The van der Waals surface area contributed by atoms with Gasteiger partial charge in [0.25, 0.3) is 0 Å². The lowest BCUT2D eigenvalue weighted by Crippen LogP contribution is -2.19.